The molecule has 0 atom stereocenters. The molecule has 0 heterocycles. The summed E-state index contributed by atoms with van der Waals surface area (Å²) in [5.41, 5.74) is 1.11. The monoisotopic (exact) mass is 256 g/mol. The van der Waals surface area contributed by atoms with E-state index in [1.165, 1.54) is 0 Å². The Labute approximate surface area is 92.2 Å². The van der Waals surface area contributed by atoms with Crippen molar-refractivity contribution in [3.63, 3.8) is 0 Å². The van der Waals surface area contributed by atoms with Crippen LogP contribution in [-0.4, -0.2) is 25.0 Å². The van der Waals surface area contributed by atoms with Gasteiger partial charge in [0.2, 0.25) is 0 Å². The lowest BCUT2D eigenvalue weighted by atomic mass is 10.2. The van der Waals surface area contributed by atoms with E-state index in [1.54, 1.807) is 19.0 Å². The van der Waals surface area contributed by atoms with Crippen molar-refractivity contribution in [2.75, 3.05) is 14.1 Å². The molecule has 0 saturated carbocycles. The van der Waals surface area contributed by atoms with Crippen molar-refractivity contribution >= 4 is 22.0 Å². The van der Waals surface area contributed by atoms with E-state index in [-0.39, 0.29) is 6.03 Å². The number of halogens is 1. The summed E-state index contributed by atoms with van der Waals surface area (Å²) in [4.78, 5) is 12.8. The number of nitrogens with zero attached hydrogens (tertiary/aromatic N) is 1. The predicted molar refractivity (Wildman–Crippen MR) is 60.1 cm³/mol. The number of benzene rings is 1. The van der Waals surface area contributed by atoms with Crippen LogP contribution in [0.5, 0.6) is 0 Å². The summed E-state index contributed by atoms with van der Waals surface area (Å²) in [6, 6.07) is 7.83. The molecule has 0 aromatic heterocycles. The summed E-state index contributed by atoms with van der Waals surface area (Å²) in [5.74, 6) is 0. The normalized spacial score (nSPS) is 9.64. The van der Waals surface area contributed by atoms with Gasteiger partial charge in [0.25, 0.3) is 0 Å². The Morgan fingerprint density at radius 1 is 1.43 bits per heavy atom. The largest absolute Gasteiger partial charge is 0.341 e. The van der Waals surface area contributed by atoms with Crippen LogP contribution in [0.4, 0.5) is 4.79 Å². The number of hydrogen-bond donors (Lipinski definition) is 1. The van der Waals surface area contributed by atoms with Gasteiger partial charge >= 0.3 is 6.03 Å². The minimum absolute atomic E-state index is 0.0760. The fourth-order valence-electron chi connectivity index (χ4n) is 1.13. The maximum atomic E-state index is 11.2. The first kappa shape index (κ1) is 11.0. The molecule has 76 valence electrons. The van der Waals surface area contributed by atoms with E-state index in [4.69, 9.17) is 0 Å². The Kier molecular flexibility index (Phi) is 3.95. The number of hydrogen-bond acceptors (Lipinski definition) is 1. The van der Waals surface area contributed by atoms with Crippen molar-refractivity contribution in [2.24, 2.45) is 0 Å². The Hall–Kier alpha value is -1.03. The second-order valence-corrected chi connectivity index (χ2v) is 3.95. The number of nitrogens with one attached hydrogen (secondary N) is 1. The average Bonchev–Trinajstić information content (AvgIpc) is 2.20. The molecule has 0 fully saturated rings. The molecule has 14 heavy (non-hydrogen) atoms. The SMILES string of the molecule is CNC(=O)N(C)Cc1ccc(Br)cc1. The van der Waals surface area contributed by atoms with Crippen LogP contribution in [-0.2, 0) is 6.54 Å². The first-order valence-corrected chi connectivity index (χ1v) is 5.10. The van der Waals surface area contributed by atoms with E-state index in [1.807, 2.05) is 24.3 Å². The van der Waals surface area contributed by atoms with Crippen LogP contribution in [0.2, 0.25) is 0 Å². The van der Waals surface area contributed by atoms with Gasteiger partial charge in [0.05, 0.1) is 0 Å². The Morgan fingerprint density at radius 2 is 2.00 bits per heavy atom. The third kappa shape index (κ3) is 3.03. The molecule has 1 rings (SSSR count). The van der Waals surface area contributed by atoms with Crippen LogP contribution >= 0.6 is 15.9 Å². The second kappa shape index (κ2) is 5.00. The standard InChI is InChI=1S/C10H13BrN2O/c1-12-10(14)13(2)7-8-3-5-9(11)6-4-8/h3-6H,7H2,1-2H3,(H,12,14). The fraction of sp³-hybridized carbons (Fsp3) is 0.300. The van der Waals surface area contributed by atoms with E-state index < -0.39 is 0 Å². The molecule has 0 bridgehead atoms. The zero-order valence-electron chi connectivity index (χ0n) is 8.25. The summed E-state index contributed by atoms with van der Waals surface area (Å²) in [6.45, 7) is 0.618. The van der Waals surface area contributed by atoms with E-state index in [9.17, 15) is 4.79 Å². The molecule has 1 aromatic rings. The summed E-state index contributed by atoms with van der Waals surface area (Å²) in [6.07, 6.45) is 0. The first-order valence-electron chi connectivity index (χ1n) is 4.31. The Bertz CT molecular complexity index is 310. The van der Waals surface area contributed by atoms with Gasteiger partial charge in [-0.3, -0.25) is 0 Å². The zero-order chi connectivity index (χ0) is 10.6. The van der Waals surface area contributed by atoms with Crippen LogP contribution in [0.1, 0.15) is 5.56 Å². The van der Waals surface area contributed by atoms with Gasteiger partial charge in [0.1, 0.15) is 0 Å². The minimum Gasteiger partial charge on any atom is -0.341 e. The first-order chi connectivity index (χ1) is 6.63. The third-order valence-corrected chi connectivity index (χ3v) is 2.42. The lowest BCUT2D eigenvalue weighted by Gasteiger charge is -2.16. The molecule has 0 aliphatic heterocycles. The molecule has 3 nitrogen and oxygen atoms in total. The smallest absolute Gasteiger partial charge is 0.317 e. The molecule has 0 aliphatic rings. The summed E-state index contributed by atoms with van der Waals surface area (Å²) in [5, 5.41) is 2.57. The highest BCUT2D eigenvalue weighted by atomic mass is 79.9. The lowest BCUT2D eigenvalue weighted by Crippen LogP contribution is -2.34. The maximum absolute atomic E-state index is 11.2. The van der Waals surface area contributed by atoms with Gasteiger partial charge < -0.3 is 10.2 Å². The van der Waals surface area contributed by atoms with Gasteiger partial charge in [0, 0.05) is 25.1 Å². The minimum atomic E-state index is -0.0760. The molecule has 0 aliphatic carbocycles. The highest BCUT2D eigenvalue weighted by molar-refractivity contribution is 9.10. The van der Waals surface area contributed by atoms with Gasteiger partial charge in [-0.1, -0.05) is 28.1 Å². The molecule has 1 aromatic carbocycles. The van der Waals surface area contributed by atoms with Gasteiger partial charge in [-0.15, -0.1) is 0 Å². The Balaban J connectivity index is 2.60. The quantitative estimate of drug-likeness (QED) is 0.865. The zero-order valence-corrected chi connectivity index (χ0v) is 9.84. The Morgan fingerprint density at radius 3 is 2.50 bits per heavy atom. The van der Waals surface area contributed by atoms with Crippen molar-refractivity contribution in [3.8, 4) is 0 Å². The molecule has 0 unspecified atom stereocenters. The maximum Gasteiger partial charge on any atom is 0.317 e. The average molecular weight is 257 g/mol. The second-order valence-electron chi connectivity index (χ2n) is 3.04. The van der Waals surface area contributed by atoms with Crippen LogP contribution < -0.4 is 5.32 Å². The molecule has 2 amide bonds. The molecular weight excluding hydrogens is 244 g/mol. The summed E-state index contributed by atoms with van der Waals surface area (Å²) in [7, 11) is 3.39. The summed E-state index contributed by atoms with van der Waals surface area (Å²) >= 11 is 3.36. The van der Waals surface area contributed by atoms with Crippen LogP contribution in [0.3, 0.4) is 0 Å². The van der Waals surface area contributed by atoms with Crippen LogP contribution in [0.15, 0.2) is 28.7 Å². The number of amides is 2. The van der Waals surface area contributed by atoms with Gasteiger partial charge in [0.15, 0.2) is 0 Å². The molecule has 0 spiro atoms. The predicted octanol–water partition coefficient (Wildman–Crippen LogP) is 2.22. The van der Waals surface area contributed by atoms with Gasteiger partial charge in [-0.2, -0.15) is 0 Å². The number of urea groups is 1. The topological polar surface area (TPSA) is 32.3 Å². The van der Waals surface area contributed by atoms with Crippen LogP contribution in [0.25, 0.3) is 0 Å². The van der Waals surface area contributed by atoms with Crippen molar-refractivity contribution in [1.29, 1.82) is 0 Å². The van der Waals surface area contributed by atoms with Crippen molar-refractivity contribution in [3.05, 3.63) is 34.3 Å². The molecule has 1 N–H and O–H groups in total. The fourth-order valence-corrected chi connectivity index (χ4v) is 1.39. The molecule has 0 saturated heterocycles. The summed E-state index contributed by atoms with van der Waals surface area (Å²) < 4.78 is 1.05. The van der Waals surface area contributed by atoms with Gasteiger partial charge in [-0.05, 0) is 17.7 Å². The lowest BCUT2D eigenvalue weighted by molar-refractivity contribution is 0.209. The molecule has 4 heteroatoms. The highest BCUT2D eigenvalue weighted by Crippen LogP contribution is 2.11. The number of carbonyl (C=O) groups is 1. The van der Waals surface area contributed by atoms with E-state index in [0.717, 1.165) is 10.0 Å². The van der Waals surface area contributed by atoms with Crippen molar-refractivity contribution < 1.29 is 4.79 Å². The van der Waals surface area contributed by atoms with Crippen LogP contribution in [0, 0.1) is 0 Å². The van der Waals surface area contributed by atoms with E-state index in [2.05, 4.69) is 21.2 Å². The van der Waals surface area contributed by atoms with E-state index in [0.29, 0.717) is 6.54 Å². The molecular formula is C10H13BrN2O. The number of rotatable bonds is 2. The third-order valence-electron chi connectivity index (χ3n) is 1.89. The van der Waals surface area contributed by atoms with Crippen molar-refractivity contribution in [2.45, 2.75) is 6.54 Å². The number of carbonyl (C=O) groups excluding carboxylic acids is 1. The highest BCUT2D eigenvalue weighted by Gasteiger charge is 2.05. The van der Waals surface area contributed by atoms with E-state index >= 15 is 0 Å². The van der Waals surface area contributed by atoms with Gasteiger partial charge in [-0.25, -0.2) is 4.79 Å². The van der Waals surface area contributed by atoms with Crippen molar-refractivity contribution in [1.82, 2.24) is 10.2 Å². The molecule has 0 radical (unpaired) electrons.